The van der Waals surface area contributed by atoms with E-state index in [1.807, 2.05) is 19.9 Å². The molecule has 0 aromatic heterocycles. The van der Waals surface area contributed by atoms with Gasteiger partial charge in [0, 0.05) is 5.56 Å². The fourth-order valence-electron chi connectivity index (χ4n) is 3.48. The molecule has 7 nitrogen and oxygen atoms in total. The summed E-state index contributed by atoms with van der Waals surface area (Å²) in [5.41, 5.74) is 7.89. The van der Waals surface area contributed by atoms with E-state index in [2.05, 4.69) is 12.6 Å². The smallest absolute Gasteiger partial charge is 0.338 e. The normalized spacial score (nSPS) is 15.8. The predicted octanol–water partition coefficient (Wildman–Crippen LogP) is 4.25. The van der Waals surface area contributed by atoms with Crippen LogP contribution in [0, 0.1) is 11.3 Å². The van der Waals surface area contributed by atoms with Gasteiger partial charge in [0.25, 0.3) is 0 Å². The van der Waals surface area contributed by atoms with Crippen LogP contribution < -0.4 is 15.2 Å². The van der Waals surface area contributed by atoms with Gasteiger partial charge in [0.05, 0.1) is 31.3 Å². The molecule has 1 aliphatic heterocycles. The number of ether oxygens (including phenoxy) is 4. The molecule has 166 valence electrons. The molecule has 0 amide bonds. The number of carbonyl (C=O) groups is 1. The lowest BCUT2D eigenvalue weighted by molar-refractivity contribution is -0.139. The van der Waals surface area contributed by atoms with Crippen molar-refractivity contribution in [2.45, 2.75) is 46.5 Å². The van der Waals surface area contributed by atoms with Gasteiger partial charge in [-0.2, -0.15) is 5.26 Å². The van der Waals surface area contributed by atoms with Crippen molar-refractivity contribution in [2.24, 2.45) is 5.73 Å². The van der Waals surface area contributed by atoms with Crippen molar-refractivity contribution in [2.75, 3.05) is 19.8 Å². The van der Waals surface area contributed by atoms with Gasteiger partial charge in [-0.25, -0.2) is 4.79 Å². The summed E-state index contributed by atoms with van der Waals surface area (Å²) in [4.78, 5) is 12.8. The molecule has 0 spiro atoms. The van der Waals surface area contributed by atoms with Crippen LogP contribution in [-0.4, -0.2) is 25.8 Å². The molecule has 0 fully saturated rings. The first-order chi connectivity index (χ1) is 14.9. The molecular weight excluding hydrogens is 396 g/mol. The van der Waals surface area contributed by atoms with Crippen LogP contribution in [0.4, 0.5) is 0 Å². The average Bonchev–Trinajstić information content (AvgIpc) is 2.73. The van der Waals surface area contributed by atoms with E-state index in [-0.39, 0.29) is 23.6 Å². The molecule has 0 bridgehead atoms. The van der Waals surface area contributed by atoms with Gasteiger partial charge in [-0.15, -0.1) is 6.58 Å². The summed E-state index contributed by atoms with van der Waals surface area (Å²) in [5.74, 6) is 0.129. The minimum atomic E-state index is -0.749. The third-order valence-electron chi connectivity index (χ3n) is 4.70. The van der Waals surface area contributed by atoms with Gasteiger partial charge in [0.15, 0.2) is 11.5 Å². The van der Waals surface area contributed by atoms with Crippen molar-refractivity contribution in [1.29, 1.82) is 5.26 Å². The molecule has 0 radical (unpaired) electrons. The number of nitrogens with zero attached hydrogens (tertiary/aromatic N) is 1. The number of nitriles is 1. The van der Waals surface area contributed by atoms with Crippen LogP contribution in [0.25, 0.3) is 0 Å². The molecule has 0 saturated heterocycles. The van der Waals surface area contributed by atoms with Crippen molar-refractivity contribution in [3.63, 3.8) is 0 Å². The molecule has 1 aromatic carbocycles. The minimum Gasteiger partial charge on any atom is -0.490 e. The molecular formula is C24H30N2O5. The Balaban J connectivity index is 2.75. The highest BCUT2D eigenvalue weighted by Crippen LogP contribution is 2.44. The molecule has 0 aliphatic carbocycles. The summed E-state index contributed by atoms with van der Waals surface area (Å²) in [6.07, 6.45) is 3.13. The maximum Gasteiger partial charge on any atom is 0.338 e. The molecule has 2 N–H and O–H groups in total. The largest absolute Gasteiger partial charge is 0.490 e. The van der Waals surface area contributed by atoms with E-state index < -0.39 is 11.9 Å². The lowest BCUT2D eigenvalue weighted by Gasteiger charge is -2.28. The van der Waals surface area contributed by atoms with Crippen LogP contribution in [0.5, 0.6) is 11.5 Å². The SMILES string of the molecule is C=CCc1cc(C2C(C#N)=C(N)OC(C)=C2C(=O)OCC)cc(OCC)c1OCCC. The predicted molar refractivity (Wildman–Crippen MR) is 117 cm³/mol. The zero-order valence-electron chi connectivity index (χ0n) is 18.6. The number of nitrogens with two attached hydrogens (primary N) is 1. The highest BCUT2D eigenvalue weighted by molar-refractivity contribution is 5.92. The van der Waals surface area contributed by atoms with Gasteiger partial charge < -0.3 is 24.7 Å². The van der Waals surface area contributed by atoms with Crippen LogP contribution in [0.3, 0.4) is 0 Å². The lowest BCUT2D eigenvalue weighted by Crippen LogP contribution is -2.25. The first-order valence-electron chi connectivity index (χ1n) is 10.4. The van der Waals surface area contributed by atoms with E-state index in [0.717, 1.165) is 12.0 Å². The number of hydrogen-bond donors (Lipinski definition) is 1. The Morgan fingerprint density at radius 2 is 2.03 bits per heavy atom. The Kier molecular flexibility index (Phi) is 8.56. The minimum absolute atomic E-state index is 0.0346. The number of esters is 1. The first kappa shape index (κ1) is 23.9. The molecule has 0 saturated carbocycles. The van der Waals surface area contributed by atoms with Gasteiger partial charge in [0.2, 0.25) is 5.88 Å². The molecule has 1 aromatic rings. The average molecular weight is 427 g/mol. The van der Waals surface area contributed by atoms with Crippen LogP contribution in [0.2, 0.25) is 0 Å². The lowest BCUT2D eigenvalue weighted by atomic mass is 9.82. The van der Waals surface area contributed by atoms with Crippen molar-refractivity contribution < 1.29 is 23.7 Å². The summed E-state index contributed by atoms with van der Waals surface area (Å²) < 4.78 is 22.6. The molecule has 1 atom stereocenters. The molecule has 31 heavy (non-hydrogen) atoms. The van der Waals surface area contributed by atoms with Gasteiger partial charge in [-0.05, 0) is 45.2 Å². The Bertz CT molecular complexity index is 940. The van der Waals surface area contributed by atoms with Gasteiger partial charge in [0.1, 0.15) is 17.4 Å². The van der Waals surface area contributed by atoms with E-state index in [0.29, 0.717) is 42.5 Å². The second-order valence-corrected chi connectivity index (χ2v) is 6.90. The van der Waals surface area contributed by atoms with Crippen molar-refractivity contribution in [3.05, 3.63) is 58.7 Å². The Morgan fingerprint density at radius 1 is 1.29 bits per heavy atom. The summed E-state index contributed by atoms with van der Waals surface area (Å²) in [5, 5.41) is 9.81. The first-order valence-corrected chi connectivity index (χ1v) is 10.4. The van der Waals surface area contributed by atoms with E-state index in [1.54, 1.807) is 26.0 Å². The summed E-state index contributed by atoms with van der Waals surface area (Å²) in [7, 11) is 0. The van der Waals surface area contributed by atoms with Crippen molar-refractivity contribution in [1.82, 2.24) is 0 Å². The van der Waals surface area contributed by atoms with Crippen LogP contribution >= 0.6 is 0 Å². The zero-order chi connectivity index (χ0) is 23.0. The fraction of sp³-hybridized carbons (Fsp3) is 0.417. The number of hydrogen-bond acceptors (Lipinski definition) is 7. The van der Waals surface area contributed by atoms with Gasteiger partial charge >= 0.3 is 5.97 Å². The summed E-state index contributed by atoms with van der Waals surface area (Å²) in [6, 6.07) is 5.77. The van der Waals surface area contributed by atoms with Crippen LogP contribution in [0.1, 0.15) is 51.2 Å². The van der Waals surface area contributed by atoms with E-state index in [4.69, 9.17) is 24.7 Å². The number of rotatable bonds is 10. The monoisotopic (exact) mass is 426 g/mol. The quantitative estimate of drug-likeness (QED) is 0.441. The van der Waals surface area contributed by atoms with Crippen LogP contribution in [0.15, 0.2) is 47.6 Å². The van der Waals surface area contributed by atoms with E-state index in [1.165, 1.54) is 0 Å². The zero-order valence-corrected chi connectivity index (χ0v) is 18.6. The standard InChI is InChI=1S/C24H30N2O5/c1-6-10-16-12-17(13-19(28-8-3)22(16)30-11-7-2)21-18(14-25)23(26)31-15(5)20(21)24(27)29-9-4/h6,12-13,21H,1,7-11,26H2,2-5H3. The van der Waals surface area contributed by atoms with Gasteiger partial charge in [-0.1, -0.05) is 19.1 Å². The van der Waals surface area contributed by atoms with Crippen molar-refractivity contribution in [3.8, 4) is 17.6 Å². The summed E-state index contributed by atoms with van der Waals surface area (Å²) in [6.45, 7) is 12.2. The maximum atomic E-state index is 12.8. The number of carbonyl (C=O) groups excluding carboxylic acids is 1. The Hall–Kier alpha value is -3.40. The molecule has 1 aliphatic rings. The summed E-state index contributed by atoms with van der Waals surface area (Å²) >= 11 is 0. The highest BCUT2D eigenvalue weighted by Gasteiger charge is 2.37. The highest BCUT2D eigenvalue weighted by atomic mass is 16.5. The van der Waals surface area contributed by atoms with Crippen molar-refractivity contribution >= 4 is 5.97 Å². The second-order valence-electron chi connectivity index (χ2n) is 6.90. The number of allylic oxidation sites excluding steroid dienone is 3. The van der Waals surface area contributed by atoms with E-state index in [9.17, 15) is 10.1 Å². The molecule has 2 rings (SSSR count). The Labute approximate surface area is 183 Å². The maximum absolute atomic E-state index is 12.8. The van der Waals surface area contributed by atoms with E-state index >= 15 is 0 Å². The third-order valence-corrected chi connectivity index (χ3v) is 4.70. The second kappa shape index (κ2) is 11.1. The number of benzene rings is 1. The van der Waals surface area contributed by atoms with Gasteiger partial charge in [-0.3, -0.25) is 0 Å². The molecule has 1 heterocycles. The molecule has 7 heteroatoms. The topological polar surface area (TPSA) is 104 Å². The third kappa shape index (κ3) is 5.21. The molecule has 1 unspecified atom stereocenters. The Morgan fingerprint density at radius 3 is 2.61 bits per heavy atom. The van der Waals surface area contributed by atoms with Crippen LogP contribution in [-0.2, 0) is 20.7 Å². The fourth-order valence-corrected chi connectivity index (χ4v) is 3.48.